The van der Waals surface area contributed by atoms with E-state index in [0.717, 1.165) is 26.2 Å². The number of benzene rings is 1. The van der Waals surface area contributed by atoms with Crippen LogP contribution in [0.5, 0.6) is 0 Å². The van der Waals surface area contributed by atoms with Crippen LogP contribution in [0.2, 0.25) is 0 Å². The van der Waals surface area contributed by atoms with Gasteiger partial charge >= 0.3 is 0 Å². The summed E-state index contributed by atoms with van der Waals surface area (Å²) in [6.07, 6.45) is 0. The van der Waals surface area contributed by atoms with E-state index in [1.165, 1.54) is 20.9 Å². The molecule has 0 radical (unpaired) electrons. The molecule has 1 aromatic rings. The highest BCUT2D eigenvalue weighted by Gasteiger charge is 2.24. The Morgan fingerprint density at radius 2 is 1.96 bits per heavy atom. The lowest BCUT2D eigenvalue weighted by atomic mass is 10.2. The van der Waals surface area contributed by atoms with Gasteiger partial charge in [-0.2, -0.15) is 0 Å². The average Bonchev–Trinajstić information content (AvgIpc) is 2.54. The summed E-state index contributed by atoms with van der Waals surface area (Å²) in [5.74, 6) is 0.730. The number of nitrogens with zero attached hydrogens (tertiary/aromatic N) is 1. The van der Waals surface area contributed by atoms with E-state index in [1.807, 2.05) is 4.90 Å². The van der Waals surface area contributed by atoms with Crippen molar-refractivity contribution in [1.29, 1.82) is 0 Å². The fourth-order valence-electron chi connectivity index (χ4n) is 2.76. The van der Waals surface area contributed by atoms with Gasteiger partial charge < -0.3 is 15.1 Å². The second-order valence-corrected chi connectivity index (χ2v) is 7.06. The van der Waals surface area contributed by atoms with Crippen molar-refractivity contribution in [2.45, 2.75) is 18.7 Å². The molecule has 0 unspecified atom stereocenters. The minimum Gasteiger partial charge on any atom is -0.354 e. The third kappa shape index (κ3) is 5.25. The standard InChI is InChI=1S/C17H25N3O2S/c1-13-4-5-15(14(2)10-13)23-12-17(22)20-8-6-19(7-9-20)11-16(21)18-3/h4-5,10H,6-9,11-12H2,1-3H3,(H,18,21)/p+1. The molecule has 6 heteroatoms. The Bertz CT molecular complexity index is 569. The molecular weight excluding hydrogens is 310 g/mol. The molecule has 1 aromatic carbocycles. The lowest BCUT2D eigenvalue weighted by molar-refractivity contribution is -0.896. The zero-order valence-corrected chi connectivity index (χ0v) is 15.0. The van der Waals surface area contributed by atoms with Crippen LogP contribution in [0.4, 0.5) is 0 Å². The first-order chi connectivity index (χ1) is 11.0. The maximum atomic E-state index is 12.4. The molecule has 1 aliphatic rings. The fourth-order valence-corrected chi connectivity index (χ4v) is 3.67. The molecule has 1 saturated heterocycles. The highest BCUT2D eigenvalue weighted by Crippen LogP contribution is 2.23. The summed E-state index contributed by atoms with van der Waals surface area (Å²) < 4.78 is 0. The van der Waals surface area contributed by atoms with Crippen molar-refractivity contribution in [3.63, 3.8) is 0 Å². The van der Waals surface area contributed by atoms with E-state index in [0.29, 0.717) is 12.3 Å². The number of likely N-dealkylation sites (N-methyl/N-ethyl adjacent to an activating group) is 1. The van der Waals surface area contributed by atoms with E-state index in [9.17, 15) is 9.59 Å². The molecular formula is C17H26N3O2S+. The summed E-state index contributed by atoms with van der Waals surface area (Å²) in [6.45, 7) is 7.81. The van der Waals surface area contributed by atoms with Gasteiger partial charge in [0.05, 0.1) is 31.9 Å². The predicted octanol–water partition coefficient (Wildman–Crippen LogP) is -0.131. The van der Waals surface area contributed by atoms with Crippen molar-refractivity contribution in [2.75, 3.05) is 45.5 Å². The van der Waals surface area contributed by atoms with Gasteiger partial charge in [0.15, 0.2) is 6.54 Å². The van der Waals surface area contributed by atoms with Crippen LogP contribution >= 0.6 is 11.8 Å². The molecule has 2 N–H and O–H groups in total. The number of carbonyl (C=O) groups excluding carboxylic acids is 2. The molecule has 1 fully saturated rings. The Balaban J connectivity index is 1.78. The van der Waals surface area contributed by atoms with Gasteiger partial charge in [-0.3, -0.25) is 9.59 Å². The van der Waals surface area contributed by atoms with Crippen molar-refractivity contribution in [2.24, 2.45) is 0 Å². The third-order valence-electron chi connectivity index (χ3n) is 4.19. The van der Waals surface area contributed by atoms with E-state index >= 15 is 0 Å². The average molecular weight is 336 g/mol. The molecule has 0 aromatic heterocycles. The number of quaternary nitrogens is 1. The van der Waals surface area contributed by atoms with Gasteiger partial charge in [-0.25, -0.2) is 0 Å². The molecule has 1 heterocycles. The molecule has 23 heavy (non-hydrogen) atoms. The van der Waals surface area contributed by atoms with Crippen molar-refractivity contribution < 1.29 is 14.5 Å². The molecule has 126 valence electrons. The van der Waals surface area contributed by atoms with Crippen molar-refractivity contribution in [3.8, 4) is 0 Å². The van der Waals surface area contributed by atoms with Gasteiger partial charge in [0.1, 0.15) is 0 Å². The zero-order valence-electron chi connectivity index (χ0n) is 14.1. The highest BCUT2D eigenvalue weighted by molar-refractivity contribution is 8.00. The van der Waals surface area contributed by atoms with Crippen molar-refractivity contribution >= 4 is 23.6 Å². The summed E-state index contributed by atoms with van der Waals surface area (Å²) in [7, 11) is 1.66. The summed E-state index contributed by atoms with van der Waals surface area (Å²) in [5, 5.41) is 2.65. The number of amides is 2. The summed E-state index contributed by atoms with van der Waals surface area (Å²) in [5.41, 5.74) is 2.47. The monoisotopic (exact) mass is 336 g/mol. The topological polar surface area (TPSA) is 53.9 Å². The van der Waals surface area contributed by atoms with Crippen LogP contribution < -0.4 is 10.2 Å². The maximum Gasteiger partial charge on any atom is 0.274 e. The largest absolute Gasteiger partial charge is 0.354 e. The SMILES string of the molecule is CNC(=O)C[NH+]1CCN(C(=O)CSc2ccc(C)cc2C)CC1. The number of hydrogen-bond acceptors (Lipinski definition) is 3. The Hall–Kier alpha value is -1.53. The Morgan fingerprint density at radius 1 is 1.26 bits per heavy atom. The summed E-state index contributed by atoms with van der Waals surface area (Å²) in [4.78, 5) is 28.1. The Kier molecular flexibility index (Phi) is 6.47. The number of piperazine rings is 1. The van der Waals surface area contributed by atoms with Crippen LogP contribution in [0.3, 0.4) is 0 Å². The number of aryl methyl sites for hydroxylation is 2. The molecule has 2 amide bonds. The first-order valence-corrected chi connectivity index (χ1v) is 9.00. The Morgan fingerprint density at radius 3 is 2.57 bits per heavy atom. The lowest BCUT2D eigenvalue weighted by Gasteiger charge is -2.31. The molecule has 1 aliphatic heterocycles. The minimum absolute atomic E-state index is 0.0604. The summed E-state index contributed by atoms with van der Waals surface area (Å²) >= 11 is 1.61. The van der Waals surface area contributed by atoms with E-state index in [-0.39, 0.29) is 11.8 Å². The van der Waals surface area contributed by atoms with Gasteiger partial charge in [0, 0.05) is 11.9 Å². The van der Waals surface area contributed by atoms with Gasteiger partial charge in [-0.1, -0.05) is 17.7 Å². The smallest absolute Gasteiger partial charge is 0.274 e. The van der Waals surface area contributed by atoms with Gasteiger partial charge in [-0.15, -0.1) is 11.8 Å². The number of thioether (sulfide) groups is 1. The quantitative estimate of drug-likeness (QED) is 0.737. The second-order valence-electron chi connectivity index (χ2n) is 6.04. The number of nitrogens with one attached hydrogen (secondary N) is 2. The third-order valence-corrected chi connectivity index (χ3v) is 5.35. The number of rotatable bonds is 5. The molecule has 0 bridgehead atoms. The van der Waals surface area contributed by atoms with Crippen LogP contribution in [-0.4, -0.2) is 62.2 Å². The summed E-state index contributed by atoms with van der Waals surface area (Å²) in [6, 6.07) is 6.32. The second kappa shape index (κ2) is 8.36. The van der Waals surface area contributed by atoms with E-state index in [4.69, 9.17) is 0 Å². The van der Waals surface area contributed by atoms with E-state index < -0.39 is 0 Å². The Labute approximate surface area is 142 Å². The molecule has 0 spiro atoms. The minimum atomic E-state index is 0.0604. The zero-order chi connectivity index (χ0) is 16.8. The predicted molar refractivity (Wildman–Crippen MR) is 92.9 cm³/mol. The van der Waals surface area contributed by atoms with Gasteiger partial charge in [0.2, 0.25) is 5.91 Å². The van der Waals surface area contributed by atoms with Gasteiger partial charge in [0.25, 0.3) is 5.91 Å². The maximum absolute atomic E-state index is 12.4. The van der Waals surface area contributed by atoms with Gasteiger partial charge in [-0.05, 0) is 25.5 Å². The molecule has 2 rings (SSSR count). The van der Waals surface area contributed by atoms with Crippen LogP contribution in [-0.2, 0) is 9.59 Å². The molecule has 0 saturated carbocycles. The first-order valence-electron chi connectivity index (χ1n) is 8.01. The van der Waals surface area contributed by atoms with Crippen molar-refractivity contribution in [1.82, 2.24) is 10.2 Å². The molecule has 0 atom stereocenters. The molecule has 0 aliphatic carbocycles. The van der Waals surface area contributed by atoms with Crippen molar-refractivity contribution in [3.05, 3.63) is 29.3 Å². The van der Waals surface area contributed by atoms with E-state index in [1.54, 1.807) is 18.8 Å². The highest BCUT2D eigenvalue weighted by atomic mass is 32.2. The van der Waals surface area contributed by atoms with Crippen LogP contribution in [0.25, 0.3) is 0 Å². The van der Waals surface area contributed by atoms with Crippen LogP contribution in [0, 0.1) is 13.8 Å². The number of carbonyl (C=O) groups is 2. The van der Waals surface area contributed by atoms with Crippen LogP contribution in [0.15, 0.2) is 23.1 Å². The molecule has 5 nitrogen and oxygen atoms in total. The lowest BCUT2D eigenvalue weighted by Crippen LogP contribution is -3.15. The normalized spacial score (nSPS) is 15.5. The van der Waals surface area contributed by atoms with E-state index in [2.05, 4.69) is 37.4 Å². The first kappa shape index (κ1) is 17.8. The van der Waals surface area contributed by atoms with Crippen LogP contribution in [0.1, 0.15) is 11.1 Å². The fraction of sp³-hybridized carbons (Fsp3) is 0.529. The number of hydrogen-bond donors (Lipinski definition) is 2.